The fourth-order valence-corrected chi connectivity index (χ4v) is 2.62. The molecule has 0 aliphatic carbocycles. The first-order valence-electron chi connectivity index (χ1n) is 8.35. The number of aliphatic imine (C=N–C) groups is 1. The van der Waals surface area contributed by atoms with E-state index in [9.17, 15) is 13.2 Å². The Hall–Kier alpha value is -2.28. The minimum atomic E-state index is -4.70. The van der Waals surface area contributed by atoms with Crippen LogP contribution in [0.2, 0.25) is 0 Å². The van der Waals surface area contributed by atoms with Gasteiger partial charge in [-0.25, -0.2) is 4.99 Å². The average Bonchev–Trinajstić information content (AvgIpc) is 2.58. The number of rotatable bonds is 4. The Morgan fingerprint density at radius 1 is 1.19 bits per heavy atom. The Labute approximate surface area is 151 Å². The number of nitrogens with zero attached hydrogens (tertiary/aromatic N) is 1. The van der Waals surface area contributed by atoms with Crippen molar-refractivity contribution >= 4 is 11.5 Å². The number of ether oxygens (including phenoxy) is 2. The van der Waals surface area contributed by atoms with Gasteiger partial charge in [-0.05, 0) is 56.9 Å². The van der Waals surface area contributed by atoms with Crippen LogP contribution in [0.25, 0.3) is 5.57 Å². The summed E-state index contributed by atoms with van der Waals surface area (Å²) in [6.07, 6.45) is -3.06. The molecule has 0 atom stereocenters. The largest absolute Gasteiger partial charge is 0.573 e. The normalized spacial score (nSPS) is 18.3. The molecule has 7 heteroatoms. The topological polar surface area (TPSA) is 56.8 Å². The third-order valence-corrected chi connectivity index (χ3v) is 4.05. The van der Waals surface area contributed by atoms with E-state index in [1.165, 1.54) is 12.1 Å². The Morgan fingerprint density at radius 2 is 1.85 bits per heavy atom. The van der Waals surface area contributed by atoms with Gasteiger partial charge in [0, 0.05) is 12.1 Å². The van der Waals surface area contributed by atoms with Crippen molar-refractivity contribution in [3.8, 4) is 5.75 Å². The quantitative estimate of drug-likeness (QED) is 0.829. The number of alkyl halides is 3. The lowest BCUT2D eigenvalue weighted by molar-refractivity contribution is -0.274. The molecule has 1 saturated heterocycles. The molecule has 0 amide bonds. The minimum absolute atomic E-state index is 0.247. The summed E-state index contributed by atoms with van der Waals surface area (Å²) in [5.41, 5.74) is 10.2. The molecule has 2 N–H and O–H groups in total. The van der Waals surface area contributed by atoms with Gasteiger partial charge in [-0.2, -0.15) is 0 Å². The predicted molar refractivity (Wildman–Crippen MR) is 95.8 cm³/mol. The van der Waals surface area contributed by atoms with Crippen LogP contribution in [-0.2, 0) is 4.74 Å². The van der Waals surface area contributed by atoms with E-state index in [2.05, 4.69) is 9.73 Å². The first-order chi connectivity index (χ1) is 12.2. The number of hydrogen-bond donors (Lipinski definition) is 1. The van der Waals surface area contributed by atoms with Gasteiger partial charge in [0.05, 0.1) is 12.3 Å². The van der Waals surface area contributed by atoms with Gasteiger partial charge in [-0.1, -0.05) is 17.7 Å². The van der Waals surface area contributed by atoms with Gasteiger partial charge in [-0.3, -0.25) is 0 Å². The predicted octanol–water partition coefficient (Wildman–Crippen LogP) is 4.82. The van der Waals surface area contributed by atoms with Crippen LogP contribution in [0.15, 0.2) is 46.1 Å². The lowest BCUT2D eigenvalue weighted by Gasteiger charge is -2.21. The molecule has 1 heterocycles. The third-order valence-electron chi connectivity index (χ3n) is 4.05. The second-order valence-corrected chi connectivity index (χ2v) is 6.20. The molecule has 2 rings (SSSR count). The Kier molecular flexibility index (Phi) is 6.47. The van der Waals surface area contributed by atoms with Crippen molar-refractivity contribution in [1.29, 1.82) is 0 Å². The highest BCUT2D eigenvalue weighted by Gasteiger charge is 2.31. The molecule has 0 bridgehead atoms. The molecule has 0 saturated carbocycles. The molecule has 1 aromatic carbocycles. The fourth-order valence-electron chi connectivity index (χ4n) is 2.62. The van der Waals surface area contributed by atoms with Crippen LogP contribution in [0.3, 0.4) is 0 Å². The van der Waals surface area contributed by atoms with Crippen molar-refractivity contribution in [3.05, 3.63) is 46.7 Å². The lowest BCUT2D eigenvalue weighted by atomic mass is 9.96. The second kappa shape index (κ2) is 8.40. The zero-order valence-electron chi connectivity index (χ0n) is 15.1. The van der Waals surface area contributed by atoms with Crippen molar-refractivity contribution in [2.24, 2.45) is 10.7 Å². The monoisotopic (exact) mass is 368 g/mol. The lowest BCUT2D eigenvalue weighted by Crippen LogP contribution is -2.19. The van der Waals surface area contributed by atoms with Crippen LogP contribution in [-0.4, -0.2) is 25.4 Å². The van der Waals surface area contributed by atoms with Crippen LogP contribution in [0.1, 0.15) is 39.2 Å². The van der Waals surface area contributed by atoms with Gasteiger partial charge in [-0.15, -0.1) is 13.2 Å². The molecule has 1 fully saturated rings. The molecule has 26 heavy (non-hydrogen) atoms. The molecule has 0 aromatic heterocycles. The van der Waals surface area contributed by atoms with Gasteiger partial charge >= 0.3 is 6.36 Å². The van der Waals surface area contributed by atoms with E-state index in [1.807, 2.05) is 20.8 Å². The molecule has 1 aliphatic rings. The van der Waals surface area contributed by atoms with E-state index in [4.69, 9.17) is 10.5 Å². The maximum absolute atomic E-state index is 12.3. The van der Waals surface area contributed by atoms with E-state index < -0.39 is 6.36 Å². The highest BCUT2D eigenvalue weighted by atomic mass is 19.4. The second-order valence-electron chi connectivity index (χ2n) is 6.20. The van der Waals surface area contributed by atoms with Crippen LogP contribution in [0.5, 0.6) is 5.75 Å². The van der Waals surface area contributed by atoms with Gasteiger partial charge in [0.2, 0.25) is 5.90 Å². The Bertz CT molecular complexity index is 728. The molecule has 1 aromatic rings. The maximum atomic E-state index is 12.3. The maximum Gasteiger partial charge on any atom is 0.573 e. The van der Waals surface area contributed by atoms with Crippen LogP contribution < -0.4 is 10.5 Å². The van der Waals surface area contributed by atoms with Gasteiger partial charge < -0.3 is 15.2 Å². The molecular formula is C19H23F3N2O2. The first-order valence-corrected chi connectivity index (χ1v) is 8.35. The molecule has 0 unspecified atom stereocenters. The highest BCUT2D eigenvalue weighted by molar-refractivity contribution is 6.02. The first kappa shape index (κ1) is 20.0. The number of benzene rings is 1. The minimum Gasteiger partial charge on any atom is -0.477 e. The molecule has 142 valence electrons. The van der Waals surface area contributed by atoms with Crippen molar-refractivity contribution < 1.29 is 22.6 Å². The van der Waals surface area contributed by atoms with Gasteiger partial charge in [0.15, 0.2) is 0 Å². The van der Waals surface area contributed by atoms with E-state index in [-0.39, 0.29) is 5.75 Å². The molecular weight excluding hydrogens is 345 g/mol. The summed E-state index contributed by atoms with van der Waals surface area (Å²) in [6, 6.07) is 5.80. The highest BCUT2D eigenvalue weighted by Crippen LogP contribution is 2.29. The molecule has 1 aliphatic heterocycles. The standard InChI is InChI=1S/C19H23F3N2O2/c1-12(2)17(11-23)24-18-16(5-4-10-25-18)13(3)14-6-8-15(9-7-14)26-19(20,21)22/h6-9H,4-5,10-11,23H2,1-3H3/b16-13+,24-18+. The van der Waals surface area contributed by atoms with E-state index in [0.29, 0.717) is 19.0 Å². The molecule has 4 nitrogen and oxygen atoms in total. The van der Waals surface area contributed by atoms with E-state index in [1.54, 1.807) is 12.1 Å². The van der Waals surface area contributed by atoms with Crippen molar-refractivity contribution in [3.63, 3.8) is 0 Å². The Balaban J connectivity index is 2.36. The zero-order valence-corrected chi connectivity index (χ0v) is 15.1. The summed E-state index contributed by atoms with van der Waals surface area (Å²) in [5, 5.41) is 0. The van der Waals surface area contributed by atoms with Crippen LogP contribution in [0, 0.1) is 0 Å². The SMILES string of the molecule is CC(C)=C(CN)/N=C1/OCCC/C1=C(/C)c1ccc(OC(F)(F)F)cc1. The van der Waals surface area contributed by atoms with Crippen molar-refractivity contribution in [2.45, 2.75) is 40.0 Å². The summed E-state index contributed by atoms with van der Waals surface area (Å²) in [7, 11) is 0. The average molecular weight is 368 g/mol. The Morgan fingerprint density at radius 3 is 2.38 bits per heavy atom. The smallest absolute Gasteiger partial charge is 0.477 e. The van der Waals surface area contributed by atoms with Crippen LogP contribution >= 0.6 is 0 Å². The number of hydrogen-bond acceptors (Lipinski definition) is 4. The fraction of sp³-hybridized carbons (Fsp3) is 0.421. The van der Waals surface area contributed by atoms with Crippen LogP contribution in [0.4, 0.5) is 13.2 Å². The van der Waals surface area contributed by atoms with Crippen molar-refractivity contribution in [2.75, 3.05) is 13.2 Å². The van der Waals surface area contributed by atoms with E-state index in [0.717, 1.165) is 40.8 Å². The summed E-state index contributed by atoms with van der Waals surface area (Å²) in [5.74, 6) is 0.286. The zero-order chi connectivity index (χ0) is 19.3. The summed E-state index contributed by atoms with van der Waals surface area (Å²) in [4.78, 5) is 4.57. The molecule has 0 radical (unpaired) electrons. The van der Waals surface area contributed by atoms with E-state index >= 15 is 0 Å². The summed E-state index contributed by atoms with van der Waals surface area (Å²) >= 11 is 0. The summed E-state index contributed by atoms with van der Waals surface area (Å²) < 4.78 is 46.5. The molecule has 0 spiro atoms. The van der Waals surface area contributed by atoms with Gasteiger partial charge in [0.1, 0.15) is 5.75 Å². The van der Waals surface area contributed by atoms with Gasteiger partial charge in [0.25, 0.3) is 0 Å². The van der Waals surface area contributed by atoms with Crippen molar-refractivity contribution in [1.82, 2.24) is 0 Å². The summed E-state index contributed by atoms with van der Waals surface area (Å²) in [6.45, 7) is 6.67. The number of allylic oxidation sites excluding steroid dienone is 2. The number of nitrogens with two attached hydrogens (primary N) is 1. The third kappa shape index (κ3) is 5.36. The number of halogens is 3.